The van der Waals surface area contributed by atoms with Crippen LogP contribution in [0.15, 0.2) is 46.9 Å². The van der Waals surface area contributed by atoms with Crippen LogP contribution in [0.3, 0.4) is 0 Å². The highest BCUT2D eigenvalue weighted by Crippen LogP contribution is 2.36. The molecule has 1 atom stereocenters. The van der Waals surface area contributed by atoms with Crippen molar-refractivity contribution in [3.63, 3.8) is 0 Å². The van der Waals surface area contributed by atoms with E-state index in [4.69, 9.17) is 11.6 Å². The van der Waals surface area contributed by atoms with E-state index in [0.717, 1.165) is 21.2 Å². The third kappa shape index (κ3) is 5.50. The predicted octanol–water partition coefficient (Wildman–Crippen LogP) is 4.07. The summed E-state index contributed by atoms with van der Waals surface area (Å²) in [7, 11) is 0. The lowest BCUT2D eigenvalue weighted by molar-refractivity contribution is -0.129. The van der Waals surface area contributed by atoms with Crippen molar-refractivity contribution < 1.29 is 14.7 Å². The SMILES string of the molecule is O=C(/C=C/c1cc[c]c(Cl)c1-c1ccccc1Br)NCCCN1C(=O)CC[C@H]1CO. The summed E-state index contributed by atoms with van der Waals surface area (Å²) in [4.78, 5) is 25.8. The number of aliphatic hydroxyl groups excluding tert-OH is 1. The number of halogens is 2. The third-order valence-electron chi connectivity index (χ3n) is 5.08. The van der Waals surface area contributed by atoms with Crippen molar-refractivity contribution in [1.29, 1.82) is 0 Å². The summed E-state index contributed by atoms with van der Waals surface area (Å²) >= 11 is 9.94. The predicted molar refractivity (Wildman–Crippen MR) is 122 cm³/mol. The molecule has 1 saturated heterocycles. The summed E-state index contributed by atoms with van der Waals surface area (Å²) in [6.07, 6.45) is 5.02. The molecule has 2 aromatic carbocycles. The second-order valence-corrected chi connectivity index (χ2v) is 8.27. The van der Waals surface area contributed by atoms with E-state index in [2.05, 4.69) is 27.3 Å². The molecule has 1 aliphatic rings. The van der Waals surface area contributed by atoms with Crippen molar-refractivity contribution in [3.05, 3.63) is 63.6 Å². The highest BCUT2D eigenvalue weighted by molar-refractivity contribution is 9.10. The topological polar surface area (TPSA) is 69.6 Å². The number of rotatable bonds is 8. The highest BCUT2D eigenvalue weighted by Gasteiger charge is 2.29. The second-order valence-electron chi connectivity index (χ2n) is 7.04. The summed E-state index contributed by atoms with van der Waals surface area (Å²) in [5.41, 5.74) is 2.54. The Morgan fingerprint density at radius 1 is 1.37 bits per heavy atom. The van der Waals surface area contributed by atoms with Gasteiger partial charge >= 0.3 is 0 Å². The second kappa shape index (κ2) is 10.8. The largest absolute Gasteiger partial charge is 0.394 e. The molecule has 5 nitrogen and oxygen atoms in total. The minimum Gasteiger partial charge on any atom is -0.394 e. The van der Waals surface area contributed by atoms with E-state index in [0.29, 0.717) is 37.4 Å². The Hall–Kier alpha value is -2.15. The van der Waals surface area contributed by atoms with E-state index >= 15 is 0 Å². The van der Waals surface area contributed by atoms with E-state index in [1.54, 1.807) is 17.0 Å². The molecule has 30 heavy (non-hydrogen) atoms. The molecule has 7 heteroatoms. The molecule has 1 radical (unpaired) electrons. The number of likely N-dealkylation sites (tertiary alicyclic amines) is 1. The number of carbonyl (C=O) groups excluding carboxylic acids is 2. The van der Waals surface area contributed by atoms with Crippen LogP contribution in [-0.4, -0.2) is 47.6 Å². The zero-order valence-corrected chi connectivity index (χ0v) is 18.7. The lowest BCUT2D eigenvalue weighted by Crippen LogP contribution is -2.37. The quantitative estimate of drug-likeness (QED) is 0.433. The fraction of sp³-hybridized carbons (Fsp3) is 0.304. The highest BCUT2D eigenvalue weighted by atomic mass is 79.9. The van der Waals surface area contributed by atoms with Gasteiger partial charge in [-0.15, -0.1) is 0 Å². The van der Waals surface area contributed by atoms with Crippen LogP contribution in [-0.2, 0) is 9.59 Å². The van der Waals surface area contributed by atoms with Crippen molar-refractivity contribution in [1.82, 2.24) is 10.2 Å². The smallest absolute Gasteiger partial charge is 0.244 e. The summed E-state index contributed by atoms with van der Waals surface area (Å²) in [6, 6.07) is 14.2. The number of nitrogens with one attached hydrogen (secondary N) is 1. The van der Waals surface area contributed by atoms with E-state index in [1.165, 1.54) is 6.08 Å². The molecular formula is C23H23BrClN2O3. The first kappa shape index (κ1) is 22.5. The molecule has 2 amide bonds. The van der Waals surface area contributed by atoms with Crippen LogP contribution in [0.5, 0.6) is 0 Å². The Labute approximate surface area is 189 Å². The van der Waals surface area contributed by atoms with Crippen LogP contribution in [0.4, 0.5) is 0 Å². The van der Waals surface area contributed by atoms with Gasteiger partial charge in [0.25, 0.3) is 0 Å². The van der Waals surface area contributed by atoms with Crippen LogP contribution < -0.4 is 5.32 Å². The van der Waals surface area contributed by atoms with Crippen LogP contribution in [0.25, 0.3) is 17.2 Å². The molecule has 0 unspecified atom stereocenters. The van der Waals surface area contributed by atoms with E-state index in [1.807, 2.05) is 30.3 Å². The maximum absolute atomic E-state index is 12.2. The number of hydrogen-bond acceptors (Lipinski definition) is 3. The van der Waals surface area contributed by atoms with E-state index < -0.39 is 0 Å². The molecular weight excluding hydrogens is 468 g/mol. The normalized spacial score (nSPS) is 16.4. The van der Waals surface area contributed by atoms with Crippen molar-refractivity contribution >= 4 is 45.4 Å². The Balaban J connectivity index is 1.59. The maximum Gasteiger partial charge on any atom is 0.244 e. The van der Waals surface area contributed by atoms with Gasteiger partial charge in [-0.05, 0) is 36.1 Å². The molecule has 0 aliphatic carbocycles. The van der Waals surface area contributed by atoms with Gasteiger partial charge in [-0.25, -0.2) is 0 Å². The van der Waals surface area contributed by atoms with Crippen LogP contribution in [0.2, 0.25) is 5.02 Å². The average molecular weight is 491 g/mol. The van der Waals surface area contributed by atoms with Gasteiger partial charge in [0.1, 0.15) is 0 Å². The first-order valence-electron chi connectivity index (χ1n) is 9.82. The Bertz CT molecular complexity index is 948. The molecule has 1 aliphatic heterocycles. The van der Waals surface area contributed by atoms with Gasteiger partial charge < -0.3 is 15.3 Å². The van der Waals surface area contributed by atoms with Crippen molar-refractivity contribution in [2.24, 2.45) is 0 Å². The first-order valence-corrected chi connectivity index (χ1v) is 11.0. The Morgan fingerprint density at radius 2 is 2.17 bits per heavy atom. The monoisotopic (exact) mass is 489 g/mol. The Kier molecular flexibility index (Phi) is 8.08. The van der Waals surface area contributed by atoms with Gasteiger partial charge in [0.15, 0.2) is 0 Å². The average Bonchev–Trinajstić information content (AvgIpc) is 3.10. The van der Waals surface area contributed by atoms with Crippen LogP contribution >= 0.6 is 27.5 Å². The van der Waals surface area contributed by atoms with Gasteiger partial charge in [0, 0.05) is 41.7 Å². The standard InChI is InChI=1S/C23H23BrClN2O3/c24-19-7-2-1-6-18(19)23-16(5-3-8-20(23)25)9-11-21(29)26-13-4-14-27-17(15-28)10-12-22(27)30/h1-3,5-7,9,11,17,28H,4,10,12-15H2,(H,26,29)/b11-9+/t17-/m0/s1. The number of amides is 2. The summed E-state index contributed by atoms with van der Waals surface area (Å²) in [5.74, 6) is -0.152. The van der Waals surface area contributed by atoms with Crippen molar-refractivity contribution in [3.8, 4) is 11.1 Å². The lowest BCUT2D eigenvalue weighted by Gasteiger charge is -2.22. The van der Waals surface area contributed by atoms with Gasteiger partial charge in [0.2, 0.25) is 11.8 Å². The molecule has 0 saturated carbocycles. The molecule has 0 aromatic heterocycles. The Morgan fingerprint density at radius 3 is 2.93 bits per heavy atom. The summed E-state index contributed by atoms with van der Waals surface area (Å²) in [6.45, 7) is 0.966. The fourth-order valence-electron chi connectivity index (χ4n) is 3.54. The molecule has 2 aromatic rings. The zero-order chi connectivity index (χ0) is 21.5. The molecule has 2 N–H and O–H groups in total. The molecule has 3 rings (SSSR count). The van der Waals surface area contributed by atoms with Gasteiger partial charge in [-0.2, -0.15) is 0 Å². The molecule has 1 heterocycles. The minimum atomic E-state index is -0.219. The van der Waals surface area contributed by atoms with Crippen LogP contribution in [0.1, 0.15) is 24.8 Å². The number of aliphatic hydroxyl groups is 1. The van der Waals surface area contributed by atoms with E-state index in [9.17, 15) is 14.7 Å². The number of hydrogen-bond donors (Lipinski definition) is 2. The van der Waals surface area contributed by atoms with E-state index in [-0.39, 0.29) is 24.5 Å². The van der Waals surface area contributed by atoms with Crippen LogP contribution in [0, 0.1) is 6.07 Å². The molecule has 1 fully saturated rings. The van der Waals surface area contributed by atoms with Crippen molar-refractivity contribution in [2.75, 3.05) is 19.7 Å². The van der Waals surface area contributed by atoms with Gasteiger partial charge in [-0.1, -0.05) is 57.9 Å². The third-order valence-corrected chi connectivity index (χ3v) is 6.07. The zero-order valence-electron chi connectivity index (χ0n) is 16.4. The van der Waals surface area contributed by atoms with Gasteiger partial charge in [0.05, 0.1) is 17.7 Å². The lowest BCUT2D eigenvalue weighted by atomic mass is 9.99. The first-order chi connectivity index (χ1) is 14.5. The molecule has 0 bridgehead atoms. The van der Waals surface area contributed by atoms with Crippen molar-refractivity contribution in [2.45, 2.75) is 25.3 Å². The summed E-state index contributed by atoms with van der Waals surface area (Å²) in [5, 5.41) is 12.6. The molecule has 157 valence electrons. The number of carbonyl (C=O) groups is 2. The maximum atomic E-state index is 12.2. The summed E-state index contributed by atoms with van der Waals surface area (Å²) < 4.78 is 0.906. The number of benzene rings is 2. The molecule has 0 spiro atoms. The minimum absolute atomic E-state index is 0.0161. The van der Waals surface area contributed by atoms with Gasteiger partial charge in [-0.3, -0.25) is 9.59 Å². The number of nitrogens with zero attached hydrogens (tertiary/aromatic N) is 1. The fourth-order valence-corrected chi connectivity index (χ4v) is 4.30.